The summed E-state index contributed by atoms with van der Waals surface area (Å²) in [6, 6.07) is 8.19. The molecule has 2 heterocycles. The smallest absolute Gasteiger partial charge is 0.394 e. The van der Waals surface area contributed by atoms with E-state index in [0.29, 0.717) is 11.3 Å². The number of pyridine rings is 1. The average molecular weight is 452 g/mol. The van der Waals surface area contributed by atoms with Crippen molar-refractivity contribution in [1.82, 2.24) is 15.0 Å². The van der Waals surface area contributed by atoms with Gasteiger partial charge in [0.15, 0.2) is 0 Å². The van der Waals surface area contributed by atoms with E-state index >= 15 is 0 Å². The lowest BCUT2D eigenvalue weighted by atomic mass is 10.1. The largest absolute Gasteiger partial charge is 0.418 e. The van der Waals surface area contributed by atoms with Crippen molar-refractivity contribution >= 4 is 29.1 Å². The molecule has 0 aliphatic rings. The summed E-state index contributed by atoms with van der Waals surface area (Å²) in [5, 5.41) is 15.3. The van der Waals surface area contributed by atoms with E-state index < -0.39 is 11.7 Å². The van der Waals surface area contributed by atoms with Gasteiger partial charge in [0.2, 0.25) is 5.95 Å². The molecule has 0 aliphatic heterocycles. The Morgan fingerprint density at radius 3 is 2.52 bits per heavy atom. The van der Waals surface area contributed by atoms with Gasteiger partial charge >= 0.3 is 6.18 Å². The van der Waals surface area contributed by atoms with E-state index in [9.17, 15) is 18.3 Å². The fourth-order valence-corrected chi connectivity index (χ4v) is 3.06. The van der Waals surface area contributed by atoms with Gasteiger partial charge in [-0.05, 0) is 30.2 Å². The van der Waals surface area contributed by atoms with Crippen molar-refractivity contribution in [2.45, 2.75) is 26.1 Å². The zero-order chi connectivity index (χ0) is 22.6. The van der Waals surface area contributed by atoms with Crippen molar-refractivity contribution < 1.29 is 18.3 Å². The summed E-state index contributed by atoms with van der Waals surface area (Å²) >= 11 is 6.07. The summed E-state index contributed by atoms with van der Waals surface area (Å²) in [6.45, 7) is 3.67. The van der Waals surface area contributed by atoms with Crippen LogP contribution in [0.1, 0.15) is 19.4 Å². The predicted octanol–water partition coefficient (Wildman–Crippen LogP) is 5.38. The van der Waals surface area contributed by atoms with Crippen LogP contribution in [0.5, 0.6) is 0 Å². The standard InChI is InChI=1S/C21H21ClF3N5O/c1-12(2)17(11-31)28-20-27-16(13-5-4-8-26-10-13)9-18(30-20)29-19-14(21(23,24)25)6-3-7-15(19)22/h3-10,12,17,31H,11H2,1-2H3,(H2,27,28,29,30)/t17-/m0/s1. The first-order valence-electron chi connectivity index (χ1n) is 9.48. The Bertz CT molecular complexity index is 1030. The van der Waals surface area contributed by atoms with Crippen LogP contribution in [0.2, 0.25) is 5.02 Å². The molecule has 0 saturated heterocycles. The van der Waals surface area contributed by atoms with Crippen LogP contribution < -0.4 is 10.6 Å². The summed E-state index contributed by atoms with van der Waals surface area (Å²) < 4.78 is 40.4. The van der Waals surface area contributed by atoms with E-state index in [0.717, 1.165) is 6.07 Å². The monoisotopic (exact) mass is 451 g/mol. The van der Waals surface area contributed by atoms with E-state index in [4.69, 9.17) is 11.6 Å². The molecule has 0 spiro atoms. The van der Waals surface area contributed by atoms with Crippen molar-refractivity contribution in [2.75, 3.05) is 17.2 Å². The maximum atomic E-state index is 13.5. The molecule has 0 saturated carbocycles. The Kier molecular flexibility index (Phi) is 6.97. The summed E-state index contributed by atoms with van der Waals surface area (Å²) in [7, 11) is 0. The van der Waals surface area contributed by atoms with Gasteiger partial charge in [-0.3, -0.25) is 4.98 Å². The molecule has 0 fully saturated rings. The molecule has 1 atom stereocenters. The van der Waals surface area contributed by atoms with Crippen LogP contribution >= 0.6 is 11.6 Å². The highest BCUT2D eigenvalue weighted by atomic mass is 35.5. The molecule has 6 nitrogen and oxygen atoms in total. The molecule has 1 aromatic carbocycles. The molecule has 0 radical (unpaired) electrons. The zero-order valence-corrected chi connectivity index (χ0v) is 17.5. The maximum Gasteiger partial charge on any atom is 0.418 e. The number of nitrogens with zero attached hydrogens (tertiary/aromatic N) is 3. The van der Waals surface area contributed by atoms with Crippen molar-refractivity contribution in [3.8, 4) is 11.3 Å². The van der Waals surface area contributed by atoms with E-state index in [1.165, 1.54) is 18.2 Å². The molecule has 0 unspecified atom stereocenters. The highest BCUT2D eigenvalue weighted by Crippen LogP contribution is 2.40. The lowest BCUT2D eigenvalue weighted by molar-refractivity contribution is -0.136. The van der Waals surface area contributed by atoms with Crippen LogP contribution in [0.15, 0.2) is 48.8 Å². The molecule has 31 heavy (non-hydrogen) atoms. The number of alkyl halides is 3. The molecule has 3 rings (SSSR count). The van der Waals surface area contributed by atoms with Crippen LogP contribution in [0.4, 0.5) is 30.6 Å². The van der Waals surface area contributed by atoms with Crippen molar-refractivity contribution in [3.63, 3.8) is 0 Å². The summed E-state index contributed by atoms with van der Waals surface area (Å²) in [6.07, 6.45) is -1.42. The topological polar surface area (TPSA) is 83.0 Å². The second-order valence-electron chi connectivity index (χ2n) is 7.17. The maximum absolute atomic E-state index is 13.5. The number of aromatic nitrogens is 3. The summed E-state index contributed by atoms with van der Waals surface area (Å²) in [5.74, 6) is 0.320. The average Bonchev–Trinajstić information content (AvgIpc) is 2.73. The van der Waals surface area contributed by atoms with E-state index in [1.54, 1.807) is 24.5 Å². The molecular weight excluding hydrogens is 431 g/mol. The molecular formula is C21H21ClF3N5O. The minimum Gasteiger partial charge on any atom is -0.394 e. The van der Waals surface area contributed by atoms with Crippen LogP contribution in [0, 0.1) is 5.92 Å². The number of hydrogen-bond acceptors (Lipinski definition) is 6. The second kappa shape index (κ2) is 9.49. The van der Waals surface area contributed by atoms with Gasteiger partial charge in [-0.25, -0.2) is 4.98 Å². The molecule has 0 bridgehead atoms. The quantitative estimate of drug-likeness (QED) is 0.447. The lowest BCUT2D eigenvalue weighted by Gasteiger charge is -2.21. The van der Waals surface area contributed by atoms with E-state index in [1.807, 2.05) is 13.8 Å². The third-order valence-electron chi connectivity index (χ3n) is 4.57. The third-order valence-corrected chi connectivity index (χ3v) is 4.89. The lowest BCUT2D eigenvalue weighted by Crippen LogP contribution is -2.30. The Hall–Kier alpha value is -2.91. The number of aliphatic hydroxyl groups is 1. The van der Waals surface area contributed by atoms with Crippen molar-refractivity contribution in [1.29, 1.82) is 0 Å². The Morgan fingerprint density at radius 1 is 1.13 bits per heavy atom. The predicted molar refractivity (Wildman–Crippen MR) is 114 cm³/mol. The van der Waals surface area contributed by atoms with Gasteiger partial charge in [0.25, 0.3) is 0 Å². The highest BCUT2D eigenvalue weighted by Gasteiger charge is 2.34. The molecule has 10 heteroatoms. The van der Waals surface area contributed by atoms with Gasteiger partial charge in [-0.15, -0.1) is 0 Å². The number of hydrogen-bond donors (Lipinski definition) is 3. The number of anilines is 3. The molecule has 0 aliphatic carbocycles. The molecule has 2 aromatic heterocycles. The normalized spacial score (nSPS) is 12.6. The van der Waals surface area contributed by atoms with Crippen molar-refractivity contribution in [2.24, 2.45) is 5.92 Å². The molecule has 0 amide bonds. The molecule has 3 aromatic rings. The first-order valence-corrected chi connectivity index (χ1v) is 9.86. The molecule has 164 valence electrons. The SMILES string of the molecule is CC(C)[C@H](CO)Nc1nc(Nc2c(Cl)cccc2C(F)(F)F)cc(-c2cccnc2)n1. The van der Waals surface area contributed by atoms with Gasteiger partial charge in [0.05, 0.1) is 34.6 Å². The highest BCUT2D eigenvalue weighted by molar-refractivity contribution is 6.33. The van der Waals surface area contributed by atoms with Crippen LogP contribution in [-0.2, 0) is 6.18 Å². The Morgan fingerprint density at radius 2 is 1.90 bits per heavy atom. The van der Waals surface area contributed by atoms with Crippen molar-refractivity contribution in [3.05, 3.63) is 59.4 Å². The third kappa shape index (κ3) is 5.62. The Balaban J connectivity index is 2.07. The summed E-state index contributed by atoms with van der Waals surface area (Å²) in [5.41, 5.74) is -0.127. The van der Waals surface area contributed by atoms with Crippen LogP contribution in [-0.4, -0.2) is 32.7 Å². The fraction of sp³-hybridized carbons (Fsp3) is 0.286. The minimum atomic E-state index is -4.60. The van der Waals surface area contributed by atoms with Crippen LogP contribution in [0.25, 0.3) is 11.3 Å². The zero-order valence-electron chi connectivity index (χ0n) is 16.8. The summed E-state index contributed by atoms with van der Waals surface area (Å²) in [4.78, 5) is 12.8. The molecule has 3 N–H and O–H groups in total. The number of nitrogens with one attached hydrogen (secondary N) is 2. The minimum absolute atomic E-state index is 0.0625. The fourth-order valence-electron chi connectivity index (χ4n) is 2.84. The first kappa shape index (κ1) is 22.8. The van der Waals surface area contributed by atoms with Gasteiger partial charge < -0.3 is 15.7 Å². The first-order chi connectivity index (χ1) is 14.7. The van der Waals surface area contributed by atoms with Gasteiger partial charge in [0, 0.05) is 24.0 Å². The number of benzene rings is 1. The van der Waals surface area contributed by atoms with Gasteiger partial charge in [-0.2, -0.15) is 18.2 Å². The number of para-hydroxylation sites is 1. The number of aliphatic hydroxyl groups excluding tert-OH is 1. The number of rotatable bonds is 7. The van der Waals surface area contributed by atoms with Gasteiger partial charge in [-0.1, -0.05) is 31.5 Å². The second-order valence-corrected chi connectivity index (χ2v) is 7.57. The van der Waals surface area contributed by atoms with E-state index in [2.05, 4.69) is 25.6 Å². The van der Waals surface area contributed by atoms with Crippen LogP contribution in [0.3, 0.4) is 0 Å². The van der Waals surface area contributed by atoms with E-state index in [-0.39, 0.29) is 41.0 Å². The Labute approximate surface area is 182 Å². The van der Waals surface area contributed by atoms with Gasteiger partial charge in [0.1, 0.15) is 5.82 Å². The number of halogens is 4.